The smallest absolute Gasteiger partial charge is 0.0405 e. The maximum absolute atomic E-state index is 6.72. The van der Waals surface area contributed by atoms with Crippen LogP contribution in [0.3, 0.4) is 0 Å². The summed E-state index contributed by atoms with van der Waals surface area (Å²) in [6, 6.07) is 15.9. The van der Waals surface area contributed by atoms with Crippen LogP contribution in [0.15, 0.2) is 67.3 Å². The van der Waals surface area contributed by atoms with Crippen molar-refractivity contribution in [2.24, 2.45) is 5.73 Å². The zero-order chi connectivity index (χ0) is 20.6. The van der Waals surface area contributed by atoms with Crippen molar-refractivity contribution >= 4 is 5.69 Å². The molecule has 154 valence electrons. The summed E-state index contributed by atoms with van der Waals surface area (Å²) >= 11 is 0. The van der Waals surface area contributed by atoms with Crippen molar-refractivity contribution in [2.45, 2.75) is 56.5 Å². The van der Waals surface area contributed by atoms with Crippen molar-refractivity contribution in [3.05, 3.63) is 78.4 Å². The molecule has 3 atom stereocenters. The lowest BCUT2D eigenvalue weighted by Gasteiger charge is -2.30. The molecule has 2 N–H and O–H groups in total. The summed E-state index contributed by atoms with van der Waals surface area (Å²) in [5, 5.41) is 0. The SMILES string of the molecule is CC1(N)CCCC2C(C1)c1cc(-c3ccncc3)ccc1N2CCc1cccnc1. The van der Waals surface area contributed by atoms with Crippen LogP contribution < -0.4 is 10.6 Å². The van der Waals surface area contributed by atoms with Gasteiger partial charge in [-0.05, 0) is 91.6 Å². The number of aromatic nitrogens is 2. The number of nitrogens with two attached hydrogens (primary N) is 1. The Hall–Kier alpha value is -2.72. The Bertz CT molecular complexity index is 1000. The van der Waals surface area contributed by atoms with Crippen molar-refractivity contribution in [3.63, 3.8) is 0 Å². The monoisotopic (exact) mass is 398 g/mol. The lowest BCUT2D eigenvalue weighted by Crippen LogP contribution is -2.39. The van der Waals surface area contributed by atoms with Gasteiger partial charge in [0.1, 0.15) is 0 Å². The average Bonchev–Trinajstić information content (AvgIpc) is 2.93. The highest BCUT2D eigenvalue weighted by Crippen LogP contribution is 2.49. The zero-order valence-electron chi connectivity index (χ0n) is 17.7. The Labute approximate surface area is 179 Å². The highest BCUT2D eigenvalue weighted by Gasteiger charge is 2.42. The van der Waals surface area contributed by atoms with Gasteiger partial charge in [0.15, 0.2) is 0 Å². The van der Waals surface area contributed by atoms with Crippen LogP contribution in [-0.2, 0) is 6.42 Å². The first kappa shape index (κ1) is 19.3. The number of nitrogens with zero attached hydrogens (tertiary/aromatic N) is 3. The minimum absolute atomic E-state index is 0.0945. The van der Waals surface area contributed by atoms with Gasteiger partial charge >= 0.3 is 0 Å². The number of rotatable bonds is 4. The third kappa shape index (κ3) is 3.72. The van der Waals surface area contributed by atoms with Crippen LogP contribution in [0.5, 0.6) is 0 Å². The number of hydrogen-bond acceptors (Lipinski definition) is 4. The molecule has 3 heterocycles. The summed E-state index contributed by atoms with van der Waals surface area (Å²) < 4.78 is 0. The molecule has 0 radical (unpaired) electrons. The van der Waals surface area contributed by atoms with E-state index >= 15 is 0 Å². The Morgan fingerprint density at radius 2 is 1.93 bits per heavy atom. The molecule has 1 aliphatic heterocycles. The Balaban J connectivity index is 1.51. The molecule has 0 spiro atoms. The highest BCUT2D eigenvalue weighted by molar-refractivity contribution is 5.72. The summed E-state index contributed by atoms with van der Waals surface area (Å²) in [4.78, 5) is 11.1. The first-order valence-corrected chi connectivity index (χ1v) is 11.1. The average molecular weight is 399 g/mol. The fraction of sp³-hybridized carbons (Fsp3) is 0.385. The lowest BCUT2D eigenvalue weighted by molar-refractivity contribution is 0.383. The van der Waals surface area contributed by atoms with Crippen LogP contribution >= 0.6 is 0 Å². The molecule has 5 rings (SSSR count). The third-order valence-corrected chi connectivity index (χ3v) is 6.91. The maximum atomic E-state index is 6.72. The molecule has 1 aromatic carbocycles. The van der Waals surface area contributed by atoms with Crippen molar-refractivity contribution in [1.82, 2.24) is 9.97 Å². The van der Waals surface area contributed by atoms with E-state index in [1.165, 1.54) is 40.8 Å². The number of anilines is 1. The molecule has 0 amide bonds. The van der Waals surface area contributed by atoms with E-state index in [1.807, 2.05) is 30.9 Å². The molecule has 30 heavy (non-hydrogen) atoms. The molecule has 1 aliphatic carbocycles. The Morgan fingerprint density at radius 3 is 2.73 bits per heavy atom. The Morgan fingerprint density at radius 1 is 1.07 bits per heavy atom. The van der Waals surface area contributed by atoms with Gasteiger partial charge in [0.2, 0.25) is 0 Å². The second kappa shape index (κ2) is 7.84. The molecule has 0 bridgehead atoms. The predicted octanol–water partition coefficient (Wildman–Crippen LogP) is 4.95. The summed E-state index contributed by atoms with van der Waals surface area (Å²) in [5.74, 6) is 0.494. The van der Waals surface area contributed by atoms with Crippen molar-refractivity contribution in [2.75, 3.05) is 11.4 Å². The molecule has 3 unspecified atom stereocenters. The van der Waals surface area contributed by atoms with Crippen molar-refractivity contribution in [3.8, 4) is 11.1 Å². The van der Waals surface area contributed by atoms with Gasteiger partial charge in [0, 0.05) is 54.5 Å². The van der Waals surface area contributed by atoms with E-state index < -0.39 is 0 Å². The van der Waals surface area contributed by atoms with E-state index in [0.29, 0.717) is 12.0 Å². The lowest BCUT2D eigenvalue weighted by atomic mass is 9.83. The fourth-order valence-electron chi connectivity index (χ4n) is 5.44. The van der Waals surface area contributed by atoms with Crippen molar-refractivity contribution < 1.29 is 0 Å². The topological polar surface area (TPSA) is 55.0 Å². The molecule has 1 fully saturated rings. The van der Waals surface area contributed by atoms with Gasteiger partial charge in [-0.2, -0.15) is 0 Å². The number of hydrogen-bond donors (Lipinski definition) is 1. The van der Waals surface area contributed by atoms with E-state index in [-0.39, 0.29) is 5.54 Å². The van der Waals surface area contributed by atoms with E-state index in [2.05, 4.69) is 58.2 Å². The normalized spacial score (nSPS) is 25.5. The molecule has 2 aliphatic rings. The van der Waals surface area contributed by atoms with Crippen molar-refractivity contribution in [1.29, 1.82) is 0 Å². The summed E-state index contributed by atoms with van der Waals surface area (Å²) in [5.41, 5.74) is 13.3. The molecular weight excluding hydrogens is 368 g/mol. The minimum Gasteiger partial charge on any atom is -0.367 e. The summed E-state index contributed by atoms with van der Waals surface area (Å²) in [6.45, 7) is 3.26. The van der Waals surface area contributed by atoms with Gasteiger partial charge in [0.25, 0.3) is 0 Å². The molecule has 2 aromatic heterocycles. The zero-order valence-corrected chi connectivity index (χ0v) is 17.7. The molecule has 0 saturated heterocycles. The van der Waals surface area contributed by atoms with Crippen LogP contribution in [0.25, 0.3) is 11.1 Å². The minimum atomic E-state index is -0.0945. The van der Waals surface area contributed by atoms with E-state index in [0.717, 1.165) is 25.8 Å². The number of fused-ring (bicyclic) bond motifs is 3. The van der Waals surface area contributed by atoms with E-state index in [1.54, 1.807) is 0 Å². The first-order valence-electron chi connectivity index (χ1n) is 11.1. The van der Waals surface area contributed by atoms with Gasteiger partial charge in [-0.15, -0.1) is 0 Å². The largest absolute Gasteiger partial charge is 0.367 e. The molecule has 3 aromatic rings. The molecular formula is C26H30N4. The third-order valence-electron chi connectivity index (χ3n) is 6.91. The van der Waals surface area contributed by atoms with Gasteiger partial charge in [-0.3, -0.25) is 9.97 Å². The summed E-state index contributed by atoms with van der Waals surface area (Å²) in [6.07, 6.45) is 13.2. The van der Waals surface area contributed by atoms with Crippen LogP contribution in [-0.4, -0.2) is 28.1 Å². The van der Waals surface area contributed by atoms with Gasteiger partial charge in [0.05, 0.1) is 0 Å². The molecule has 1 saturated carbocycles. The Kier molecular flexibility index (Phi) is 5.03. The van der Waals surface area contributed by atoms with E-state index in [4.69, 9.17) is 5.73 Å². The number of benzene rings is 1. The van der Waals surface area contributed by atoms with Crippen LogP contribution in [0.1, 0.15) is 49.7 Å². The predicted molar refractivity (Wildman–Crippen MR) is 123 cm³/mol. The van der Waals surface area contributed by atoms with Gasteiger partial charge in [-0.25, -0.2) is 0 Å². The fourth-order valence-corrected chi connectivity index (χ4v) is 5.44. The second-order valence-electron chi connectivity index (χ2n) is 9.24. The summed E-state index contributed by atoms with van der Waals surface area (Å²) in [7, 11) is 0. The van der Waals surface area contributed by atoms with Crippen LogP contribution in [0, 0.1) is 0 Å². The highest BCUT2D eigenvalue weighted by atomic mass is 15.2. The standard InChI is InChI=1S/C26H30N4/c1-26(27)11-2-5-24-23(17-26)22-16-21(20-8-13-28-14-9-20)6-7-25(22)30(24)15-10-19-4-3-12-29-18-19/h3-4,6-9,12-14,16,18,23-24H,2,5,10-11,15,17,27H2,1H3. The van der Waals surface area contributed by atoms with Gasteiger partial charge < -0.3 is 10.6 Å². The van der Waals surface area contributed by atoms with Crippen LogP contribution in [0.4, 0.5) is 5.69 Å². The van der Waals surface area contributed by atoms with Gasteiger partial charge in [-0.1, -0.05) is 12.1 Å². The number of pyridine rings is 2. The first-order chi connectivity index (χ1) is 14.6. The molecule has 4 heteroatoms. The van der Waals surface area contributed by atoms with Crippen LogP contribution in [0.2, 0.25) is 0 Å². The maximum Gasteiger partial charge on any atom is 0.0405 e. The second-order valence-corrected chi connectivity index (χ2v) is 9.24. The van der Waals surface area contributed by atoms with E-state index in [9.17, 15) is 0 Å². The quantitative estimate of drug-likeness (QED) is 0.676. The molecule has 4 nitrogen and oxygen atoms in total.